The summed E-state index contributed by atoms with van der Waals surface area (Å²) in [5, 5.41) is 11.2. The van der Waals surface area contributed by atoms with Crippen LogP contribution in [0, 0.1) is 22.7 Å². The molecule has 0 saturated heterocycles. The molecule has 2 fully saturated rings. The average molecular weight is 493 g/mol. The van der Waals surface area contributed by atoms with E-state index in [1.807, 2.05) is 0 Å². The fraction of sp³-hybridized carbons (Fsp3) is 0.640. The van der Waals surface area contributed by atoms with E-state index < -0.39 is 64.4 Å². The van der Waals surface area contributed by atoms with Gasteiger partial charge in [-0.15, -0.1) is 0 Å². The van der Waals surface area contributed by atoms with Gasteiger partial charge < -0.3 is 24.1 Å². The summed E-state index contributed by atoms with van der Waals surface area (Å²) in [6, 6.07) is 0. The lowest BCUT2D eigenvalue weighted by Crippen LogP contribution is -2.61. The molecule has 2 saturated carbocycles. The van der Waals surface area contributed by atoms with Crippen molar-refractivity contribution >= 4 is 29.7 Å². The van der Waals surface area contributed by atoms with Gasteiger partial charge in [-0.2, -0.15) is 0 Å². The van der Waals surface area contributed by atoms with Crippen molar-refractivity contribution in [2.24, 2.45) is 22.7 Å². The minimum absolute atomic E-state index is 0.000756. The minimum Gasteiger partial charge on any atom is -0.469 e. The van der Waals surface area contributed by atoms with Crippen LogP contribution >= 0.6 is 0 Å². The highest BCUT2D eigenvalue weighted by Gasteiger charge is 2.70. The van der Waals surface area contributed by atoms with Crippen LogP contribution in [-0.2, 0) is 42.9 Å². The van der Waals surface area contributed by atoms with E-state index in [0.29, 0.717) is 5.57 Å². The minimum atomic E-state index is -1.76. The van der Waals surface area contributed by atoms with Gasteiger partial charge in [0, 0.05) is 32.6 Å². The highest BCUT2D eigenvalue weighted by molar-refractivity contribution is 5.94. The van der Waals surface area contributed by atoms with Gasteiger partial charge in [-0.1, -0.05) is 12.7 Å². The average Bonchev–Trinajstić information content (AvgIpc) is 3.02. The molecule has 0 aromatic rings. The number of carbonyl (C=O) groups excluding carboxylic acids is 5. The van der Waals surface area contributed by atoms with E-state index in [1.165, 1.54) is 32.9 Å². The number of ether oxygens (including phenoxy) is 4. The fourth-order valence-electron chi connectivity index (χ4n) is 6.37. The number of esters is 4. The monoisotopic (exact) mass is 492 g/mol. The third-order valence-corrected chi connectivity index (χ3v) is 7.89. The Morgan fingerprint density at radius 1 is 1.11 bits per heavy atom. The molecule has 0 aromatic carbocycles. The Bertz CT molecular complexity index is 998. The third-order valence-electron chi connectivity index (χ3n) is 7.89. The van der Waals surface area contributed by atoms with Crippen LogP contribution in [0.1, 0.15) is 46.5 Å². The first-order valence-electron chi connectivity index (χ1n) is 11.4. The molecule has 192 valence electrons. The summed E-state index contributed by atoms with van der Waals surface area (Å²) in [6.45, 7) is 7.90. The van der Waals surface area contributed by atoms with Gasteiger partial charge in [0.2, 0.25) is 0 Å². The summed E-state index contributed by atoms with van der Waals surface area (Å²) in [5.74, 6) is -5.84. The van der Waals surface area contributed by atoms with Crippen LogP contribution in [-0.4, -0.2) is 66.8 Å². The predicted molar refractivity (Wildman–Crippen MR) is 119 cm³/mol. The van der Waals surface area contributed by atoms with Crippen LogP contribution in [0.25, 0.3) is 0 Å². The van der Waals surface area contributed by atoms with Crippen LogP contribution in [0.15, 0.2) is 24.3 Å². The summed E-state index contributed by atoms with van der Waals surface area (Å²) in [5.41, 5.74) is -3.90. The van der Waals surface area contributed by atoms with Gasteiger partial charge in [-0.05, 0) is 31.4 Å². The SMILES string of the molecule is C=C1CC2(C(C(=O)OC)C3C(O)C=CC(OC(C)=O)C3(C)C(=O)OC)CC1(OC(C)=O)CCC2=O. The molecule has 1 N–H and O–H groups in total. The maximum absolute atomic E-state index is 13.6. The Labute approximate surface area is 203 Å². The molecule has 3 rings (SSSR count). The number of ketones is 1. The molecule has 0 amide bonds. The highest BCUT2D eigenvalue weighted by Crippen LogP contribution is 2.63. The number of hydrogen-bond acceptors (Lipinski definition) is 10. The van der Waals surface area contributed by atoms with Gasteiger partial charge in [-0.25, -0.2) is 0 Å². The third kappa shape index (κ3) is 4.07. The van der Waals surface area contributed by atoms with E-state index in [1.54, 1.807) is 0 Å². The zero-order valence-corrected chi connectivity index (χ0v) is 20.6. The smallest absolute Gasteiger partial charge is 0.316 e. The first-order chi connectivity index (χ1) is 16.3. The van der Waals surface area contributed by atoms with Crippen LogP contribution < -0.4 is 0 Å². The number of Topliss-reactive ketones (excluding diaryl/α,β-unsaturated/α-hetero) is 1. The molecule has 3 aliphatic carbocycles. The van der Waals surface area contributed by atoms with Gasteiger partial charge in [-0.3, -0.25) is 24.0 Å². The lowest BCUT2D eigenvalue weighted by atomic mass is 9.53. The van der Waals surface area contributed by atoms with Crippen molar-refractivity contribution in [2.45, 2.75) is 64.3 Å². The molecule has 2 bridgehead atoms. The van der Waals surface area contributed by atoms with Crippen LogP contribution in [0.4, 0.5) is 0 Å². The first kappa shape index (κ1) is 26.6. The lowest BCUT2D eigenvalue weighted by molar-refractivity contribution is -0.191. The van der Waals surface area contributed by atoms with Crippen LogP contribution in [0.3, 0.4) is 0 Å². The summed E-state index contributed by atoms with van der Waals surface area (Å²) < 4.78 is 21.2. The van der Waals surface area contributed by atoms with Gasteiger partial charge in [0.25, 0.3) is 0 Å². The molecule has 10 nitrogen and oxygen atoms in total. The predicted octanol–water partition coefficient (Wildman–Crippen LogP) is 1.43. The standard InChI is InChI=1S/C25H32O10/c1-13-11-24(12-25(13,35-15(3)27)10-9-17(24)29)20(21(30)32-5)19-16(28)7-8-18(34-14(2)26)23(19,4)22(31)33-6/h7-8,16,18-20,28H,1,9-12H2,2-6H3. The number of hydrogen-bond donors (Lipinski definition) is 1. The second-order valence-electron chi connectivity index (χ2n) is 9.83. The molecule has 0 heterocycles. The van der Waals surface area contributed by atoms with Crippen LogP contribution in [0.2, 0.25) is 0 Å². The van der Waals surface area contributed by atoms with Crippen molar-refractivity contribution in [3.8, 4) is 0 Å². The Hall–Kier alpha value is -3.01. The second kappa shape index (κ2) is 9.22. The van der Waals surface area contributed by atoms with Gasteiger partial charge >= 0.3 is 23.9 Å². The molecule has 10 heteroatoms. The largest absolute Gasteiger partial charge is 0.469 e. The maximum atomic E-state index is 13.6. The molecular formula is C25H32O10. The van der Waals surface area contributed by atoms with Crippen molar-refractivity contribution in [2.75, 3.05) is 14.2 Å². The highest BCUT2D eigenvalue weighted by atomic mass is 16.6. The Balaban J connectivity index is 2.24. The molecule has 35 heavy (non-hydrogen) atoms. The molecule has 0 spiro atoms. The van der Waals surface area contributed by atoms with E-state index >= 15 is 0 Å². The fourth-order valence-corrected chi connectivity index (χ4v) is 6.37. The number of carbonyl (C=O) groups is 5. The Morgan fingerprint density at radius 3 is 2.31 bits per heavy atom. The number of aliphatic hydroxyl groups is 1. The van der Waals surface area contributed by atoms with Crippen molar-refractivity contribution in [1.29, 1.82) is 0 Å². The van der Waals surface area contributed by atoms with E-state index in [-0.39, 0.29) is 31.5 Å². The molecule has 3 aliphatic rings. The number of rotatable bonds is 6. The van der Waals surface area contributed by atoms with Crippen LogP contribution in [0.5, 0.6) is 0 Å². The summed E-state index contributed by atoms with van der Waals surface area (Å²) >= 11 is 0. The summed E-state index contributed by atoms with van der Waals surface area (Å²) in [7, 11) is 2.28. The van der Waals surface area contributed by atoms with Gasteiger partial charge in [0.15, 0.2) is 0 Å². The maximum Gasteiger partial charge on any atom is 0.316 e. The zero-order valence-electron chi connectivity index (χ0n) is 20.6. The summed E-state index contributed by atoms with van der Waals surface area (Å²) in [4.78, 5) is 64.0. The molecule has 7 atom stereocenters. The van der Waals surface area contributed by atoms with E-state index in [9.17, 15) is 29.1 Å². The number of fused-ring (bicyclic) bond motifs is 2. The quantitative estimate of drug-likeness (QED) is 0.329. The summed E-state index contributed by atoms with van der Waals surface area (Å²) in [6.07, 6.45) is 0.289. The Kier molecular flexibility index (Phi) is 7.00. The first-order valence-corrected chi connectivity index (χ1v) is 11.4. The topological polar surface area (TPSA) is 142 Å². The molecule has 0 radical (unpaired) electrons. The zero-order chi connectivity index (χ0) is 26.3. The molecule has 0 aromatic heterocycles. The van der Waals surface area contributed by atoms with Crippen molar-refractivity contribution < 1.29 is 48.0 Å². The lowest BCUT2D eigenvalue weighted by Gasteiger charge is -2.51. The number of aliphatic hydroxyl groups excluding tert-OH is 1. The van der Waals surface area contributed by atoms with Crippen molar-refractivity contribution in [1.82, 2.24) is 0 Å². The number of methoxy groups -OCH3 is 2. The van der Waals surface area contributed by atoms with Crippen molar-refractivity contribution in [3.63, 3.8) is 0 Å². The van der Waals surface area contributed by atoms with E-state index in [2.05, 4.69) is 6.58 Å². The molecule has 7 unspecified atom stereocenters. The molecular weight excluding hydrogens is 460 g/mol. The normalized spacial score (nSPS) is 36.8. The van der Waals surface area contributed by atoms with Gasteiger partial charge in [0.1, 0.15) is 22.9 Å². The van der Waals surface area contributed by atoms with E-state index in [4.69, 9.17) is 18.9 Å². The van der Waals surface area contributed by atoms with Gasteiger partial charge in [0.05, 0.1) is 31.7 Å². The van der Waals surface area contributed by atoms with E-state index in [0.717, 1.165) is 14.2 Å². The van der Waals surface area contributed by atoms with Crippen molar-refractivity contribution in [3.05, 3.63) is 24.3 Å². The second-order valence-corrected chi connectivity index (χ2v) is 9.83. The Morgan fingerprint density at radius 2 is 1.77 bits per heavy atom. The molecule has 0 aliphatic heterocycles.